The fourth-order valence-corrected chi connectivity index (χ4v) is 7.39. The van der Waals surface area contributed by atoms with Gasteiger partial charge in [0.25, 0.3) is 0 Å². The third-order valence-corrected chi connectivity index (χ3v) is 9.33. The van der Waals surface area contributed by atoms with Crippen molar-refractivity contribution in [1.82, 2.24) is 15.0 Å². The van der Waals surface area contributed by atoms with Gasteiger partial charge in [0.2, 0.25) is 0 Å². The number of morpholine rings is 1. The first-order chi connectivity index (χ1) is 17.0. The molecule has 4 aromatic rings. The summed E-state index contributed by atoms with van der Waals surface area (Å²) in [6.07, 6.45) is 2.89. The van der Waals surface area contributed by atoms with Gasteiger partial charge in [0.05, 0.1) is 35.6 Å². The number of thioether (sulfide) groups is 2. The normalized spacial score (nSPS) is 17.7. The number of thiophene rings is 1. The van der Waals surface area contributed by atoms with Crippen molar-refractivity contribution in [2.24, 2.45) is 0 Å². The van der Waals surface area contributed by atoms with Crippen LogP contribution in [0.2, 0.25) is 0 Å². The number of ether oxygens (including phenoxy) is 2. The molecule has 1 fully saturated rings. The van der Waals surface area contributed by atoms with E-state index >= 15 is 0 Å². The van der Waals surface area contributed by atoms with Gasteiger partial charge in [-0.25, -0.2) is 15.0 Å². The highest BCUT2D eigenvalue weighted by molar-refractivity contribution is 7.99. The van der Waals surface area contributed by atoms with Crippen molar-refractivity contribution < 1.29 is 9.47 Å². The minimum absolute atomic E-state index is 0.224. The van der Waals surface area contributed by atoms with Crippen molar-refractivity contribution in [3.8, 4) is 0 Å². The quantitative estimate of drug-likeness (QED) is 0.181. The van der Waals surface area contributed by atoms with Gasteiger partial charge in [-0.05, 0) is 31.2 Å². The van der Waals surface area contributed by atoms with Gasteiger partial charge < -0.3 is 14.4 Å². The fourth-order valence-electron chi connectivity index (χ4n) is 4.76. The molecule has 1 aromatic carbocycles. The van der Waals surface area contributed by atoms with E-state index in [9.17, 15) is 0 Å². The molecule has 0 aliphatic carbocycles. The summed E-state index contributed by atoms with van der Waals surface area (Å²) in [7, 11) is 0. The van der Waals surface area contributed by atoms with Crippen molar-refractivity contribution in [2.45, 2.75) is 48.4 Å². The number of rotatable bonds is 5. The van der Waals surface area contributed by atoms with Gasteiger partial charge in [-0.2, -0.15) is 0 Å². The third kappa shape index (κ3) is 4.53. The van der Waals surface area contributed by atoms with Crippen LogP contribution >= 0.6 is 34.9 Å². The van der Waals surface area contributed by atoms with E-state index in [-0.39, 0.29) is 5.60 Å². The molecule has 0 unspecified atom stereocenters. The smallest absolute Gasteiger partial charge is 0.189 e. The zero-order valence-corrected chi connectivity index (χ0v) is 22.6. The molecular weight excluding hydrogens is 497 g/mol. The number of hydrogen-bond donors (Lipinski definition) is 0. The zero-order valence-electron chi connectivity index (χ0n) is 20.2. The molecule has 0 spiro atoms. The van der Waals surface area contributed by atoms with E-state index in [0.717, 1.165) is 69.5 Å². The zero-order chi connectivity index (χ0) is 24.0. The SMILES string of the molecule is CSc1nc(SCc2ccccc2)c2sc3nc(N4CCOCC4)c4c(c3c2n1)CC(C)(C)OC4. The Morgan fingerprint density at radius 1 is 1.06 bits per heavy atom. The van der Waals surface area contributed by atoms with Crippen molar-refractivity contribution in [1.29, 1.82) is 0 Å². The summed E-state index contributed by atoms with van der Waals surface area (Å²) in [5.74, 6) is 1.93. The summed E-state index contributed by atoms with van der Waals surface area (Å²) in [5, 5.41) is 3.04. The molecule has 0 radical (unpaired) electrons. The van der Waals surface area contributed by atoms with Gasteiger partial charge in [-0.1, -0.05) is 42.1 Å². The lowest BCUT2D eigenvalue weighted by Gasteiger charge is -2.36. The Bertz CT molecular complexity index is 1380. The van der Waals surface area contributed by atoms with Crippen LogP contribution in [0.1, 0.15) is 30.5 Å². The minimum atomic E-state index is -0.224. The number of benzene rings is 1. The summed E-state index contributed by atoms with van der Waals surface area (Å²) >= 11 is 5.11. The van der Waals surface area contributed by atoms with Gasteiger partial charge in [0.1, 0.15) is 15.7 Å². The van der Waals surface area contributed by atoms with Crippen LogP contribution in [0.15, 0.2) is 40.5 Å². The molecule has 5 heterocycles. The molecule has 6 nitrogen and oxygen atoms in total. The standard InChI is InChI=1S/C26H28N4O2S3/c1-26(2)13-17-18(14-32-26)22(30-9-11-31-12-10-30)28-23-19(17)20-21(35-23)24(29-25(27-20)33-3)34-15-16-7-5-4-6-8-16/h4-8H,9-15H2,1-3H3. The third-order valence-electron chi connectivity index (χ3n) is 6.53. The van der Waals surface area contributed by atoms with E-state index < -0.39 is 0 Å². The van der Waals surface area contributed by atoms with E-state index in [2.05, 4.69) is 49.1 Å². The Kier molecular flexibility index (Phi) is 6.39. The van der Waals surface area contributed by atoms with Crippen LogP contribution in [0.5, 0.6) is 0 Å². The molecule has 0 atom stereocenters. The maximum atomic E-state index is 6.28. The predicted octanol–water partition coefficient (Wildman–Crippen LogP) is 5.94. The number of fused-ring (bicyclic) bond motifs is 5. The molecule has 0 bridgehead atoms. The largest absolute Gasteiger partial charge is 0.378 e. The molecule has 0 N–H and O–H groups in total. The molecule has 0 amide bonds. The molecule has 0 saturated carbocycles. The van der Waals surface area contributed by atoms with Crippen LogP contribution in [-0.4, -0.2) is 53.1 Å². The van der Waals surface area contributed by atoms with Crippen molar-refractivity contribution in [2.75, 3.05) is 37.5 Å². The van der Waals surface area contributed by atoms with Gasteiger partial charge in [0, 0.05) is 36.2 Å². The second-order valence-corrected chi connectivity index (χ2v) is 12.2. The number of pyridine rings is 1. The topological polar surface area (TPSA) is 60.4 Å². The highest BCUT2D eigenvalue weighted by Gasteiger charge is 2.33. The monoisotopic (exact) mass is 524 g/mol. The highest BCUT2D eigenvalue weighted by Crippen LogP contribution is 2.45. The molecule has 1 saturated heterocycles. The molecule has 2 aliphatic rings. The van der Waals surface area contributed by atoms with Crippen LogP contribution in [0.3, 0.4) is 0 Å². The van der Waals surface area contributed by atoms with Crippen LogP contribution in [0.25, 0.3) is 20.4 Å². The first-order valence-corrected chi connectivity index (χ1v) is 14.9. The molecule has 182 valence electrons. The molecular formula is C26H28N4O2S3. The molecule has 3 aromatic heterocycles. The number of hydrogen-bond acceptors (Lipinski definition) is 9. The summed E-state index contributed by atoms with van der Waals surface area (Å²) in [6.45, 7) is 8.10. The van der Waals surface area contributed by atoms with Crippen LogP contribution < -0.4 is 4.90 Å². The second kappa shape index (κ2) is 9.52. The van der Waals surface area contributed by atoms with E-state index in [0.29, 0.717) is 6.61 Å². The second-order valence-electron chi connectivity index (χ2n) is 9.47. The Labute approximate surface area is 217 Å². The van der Waals surface area contributed by atoms with Crippen molar-refractivity contribution >= 4 is 61.1 Å². The van der Waals surface area contributed by atoms with Gasteiger partial charge >= 0.3 is 0 Å². The molecule has 2 aliphatic heterocycles. The number of nitrogens with zero attached hydrogens (tertiary/aromatic N) is 4. The first kappa shape index (κ1) is 23.5. The molecule has 6 rings (SSSR count). The highest BCUT2D eigenvalue weighted by atomic mass is 32.2. The summed E-state index contributed by atoms with van der Waals surface area (Å²) in [6, 6.07) is 10.6. The average molecular weight is 525 g/mol. The maximum Gasteiger partial charge on any atom is 0.189 e. The predicted molar refractivity (Wildman–Crippen MR) is 146 cm³/mol. The lowest BCUT2D eigenvalue weighted by atomic mass is 9.90. The van der Waals surface area contributed by atoms with Crippen LogP contribution in [-0.2, 0) is 28.3 Å². The van der Waals surface area contributed by atoms with Crippen LogP contribution in [0, 0.1) is 0 Å². The Balaban J connectivity index is 1.54. The number of anilines is 1. The summed E-state index contributed by atoms with van der Waals surface area (Å²) in [4.78, 5) is 18.6. The Morgan fingerprint density at radius 2 is 1.86 bits per heavy atom. The maximum absolute atomic E-state index is 6.28. The average Bonchev–Trinajstić information content (AvgIpc) is 3.26. The van der Waals surface area contributed by atoms with E-state index in [1.54, 1.807) is 34.9 Å². The Morgan fingerprint density at radius 3 is 2.63 bits per heavy atom. The molecule has 35 heavy (non-hydrogen) atoms. The van der Waals surface area contributed by atoms with Crippen molar-refractivity contribution in [3.63, 3.8) is 0 Å². The first-order valence-electron chi connectivity index (χ1n) is 11.9. The minimum Gasteiger partial charge on any atom is -0.378 e. The van der Waals surface area contributed by atoms with Crippen LogP contribution in [0.4, 0.5) is 5.82 Å². The number of aromatic nitrogens is 3. The molecule has 9 heteroatoms. The van der Waals surface area contributed by atoms with E-state index in [1.807, 2.05) is 6.26 Å². The van der Waals surface area contributed by atoms with Gasteiger partial charge in [-0.15, -0.1) is 23.1 Å². The lowest BCUT2D eigenvalue weighted by Crippen LogP contribution is -2.39. The summed E-state index contributed by atoms with van der Waals surface area (Å²) in [5.41, 5.74) is 4.65. The van der Waals surface area contributed by atoms with E-state index in [4.69, 9.17) is 24.4 Å². The Hall–Kier alpha value is -1.91. The van der Waals surface area contributed by atoms with Crippen molar-refractivity contribution in [3.05, 3.63) is 47.0 Å². The van der Waals surface area contributed by atoms with Gasteiger partial charge in [0.15, 0.2) is 5.16 Å². The lowest BCUT2D eigenvalue weighted by molar-refractivity contribution is -0.0396. The van der Waals surface area contributed by atoms with Gasteiger partial charge in [-0.3, -0.25) is 0 Å². The fraction of sp³-hybridized carbons (Fsp3) is 0.423. The summed E-state index contributed by atoms with van der Waals surface area (Å²) < 4.78 is 13.0. The van der Waals surface area contributed by atoms with E-state index in [1.165, 1.54) is 22.1 Å².